The van der Waals surface area contributed by atoms with Crippen LogP contribution in [0.4, 0.5) is 0 Å². The van der Waals surface area contributed by atoms with Crippen LogP contribution >= 0.6 is 0 Å². The Balaban J connectivity index is 1.63. The number of hydrogen-bond acceptors (Lipinski definition) is 10. The van der Waals surface area contributed by atoms with E-state index in [1.54, 1.807) is 18.2 Å². The van der Waals surface area contributed by atoms with Crippen molar-refractivity contribution in [2.45, 2.75) is 36.8 Å². The number of carbonyl (C=O) groups excluding carboxylic acids is 1. The summed E-state index contributed by atoms with van der Waals surface area (Å²) in [7, 11) is 0. The zero-order valence-electron chi connectivity index (χ0n) is 17.7. The van der Waals surface area contributed by atoms with Crippen molar-refractivity contribution in [1.29, 1.82) is 0 Å². The van der Waals surface area contributed by atoms with Crippen molar-refractivity contribution in [2.75, 3.05) is 6.61 Å². The molecule has 1 aliphatic heterocycles. The van der Waals surface area contributed by atoms with Gasteiger partial charge < -0.3 is 44.8 Å². The number of rotatable bonds is 8. The number of aliphatic hydroxyl groups is 3. The summed E-state index contributed by atoms with van der Waals surface area (Å²) >= 11 is 0. The van der Waals surface area contributed by atoms with Crippen molar-refractivity contribution in [3.05, 3.63) is 65.7 Å². The van der Waals surface area contributed by atoms with Gasteiger partial charge in [0.2, 0.25) is 0 Å². The summed E-state index contributed by atoms with van der Waals surface area (Å²) in [4.78, 5) is 23.7. The minimum atomic E-state index is -1.77. The van der Waals surface area contributed by atoms with Gasteiger partial charge in [-0.3, -0.25) is 0 Å². The highest BCUT2D eigenvalue weighted by Crippen LogP contribution is 2.28. The van der Waals surface area contributed by atoms with E-state index < -0.39 is 55.4 Å². The van der Waals surface area contributed by atoms with Gasteiger partial charge in [-0.2, -0.15) is 0 Å². The van der Waals surface area contributed by atoms with Crippen molar-refractivity contribution in [2.24, 2.45) is 0 Å². The third-order valence-corrected chi connectivity index (χ3v) is 5.07. The average molecular weight is 476 g/mol. The molecular weight excluding hydrogens is 452 g/mol. The van der Waals surface area contributed by atoms with Crippen LogP contribution in [0.15, 0.2) is 54.6 Å². The summed E-state index contributed by atoms with van der Waals surface area (Å²) in [5.74, 6) is -2.91. The largest absolute Gasteiger partial charge is 0.504 e. The molecule has 0 bridgehead atoms. The first kappa shape index (κ1) is 25.1. The Kier molecular flexibility index (Phi) is 8.21. The molecule has 182 valence electrons. The lowest BCUT2D eigenvalue weighted by Crippen LogP contribution is -2.59. The normalized spacial score (nSPS) is 25.7. The van der Waals surface area contributed by atoms with Gasteiger partial charge in [0.05, 0.1) is 0 Å². The van der Waals surface area contributed by atoms with Gasteiger partial charge in [0.15, 0.2) is 23.9 Å². The van der Waals surface area contributed by atoms with Crippen molar-refractivity contribution >= 4 is 18.0 Å². The molecule has 1 fully saturated rings. The first-order chi connectivity index (χ1) is 16.2. The molecule has 3 rings (SSSR count). The van der Waals surface area contributed by atoms with Crippen molar-refractivity contribution in [3.63, 3.8) is 0 Å². The standard InChI is InChI=1S/C23H24O11/c24-14-8-6-12(10-15(14)25)7-9-17(26)32-11-16-18(27)19(28)20(29)23(33-16)34-21(22(30)31)13-4-2-1-3-5-13/h1-10,16,18-21,23-25,27-29H,11H2,(H,30,31)/b9-7+/t16-,18-,19+,20-,21-,23+/m1/s1. The molecule has 2 aromatic carbocycles. The highest BCUT2D eigenvalue weighted by Gasteiger charge is 2.46. The summed E-state index contributed by atoms with van der Waals surface area (Å²) in [5, 5.41) is 58.9. The average Bonchev–Trinajstić information content (AvgIpc) is 2.82. The first-order valence-electron chi connectivity index (χ1n) is 10.2. The molecule has 0 aliphatic carbocycles. The predicted molar refractivity (Wildman–Crippen MR) is 114 cm³/mol. The summed E-state index contributed by atoms with van der Waals surface area (Å²) in [6.07, 6.45) is -7.35. The minimum absolute atomic E-state index is 0.264. The Morgan fingerprint density at radius 1 is 0.971 bits per heavy atom. The van der Waals surface area contributed by atoms with E-state index in [-0.39, 0.29) is 17.1 Å². The number of aliphatic hydroxyl groups excluding tert-OH is 3. The maximum Gasteiger partial charge on any atom is 0.337 e. The number of esters is 1. The monoisotopic (exact) mass is 476 g/mol. The molecule has 6 N–H and O–H groups in total. The van der Waals surface area contributed by atoms with Crippen LogP contribution in [0.1, 0.15) is 17.2 Å². The number of hydrogen-bond donors (Lipinski definition) is 6. The number of ether oxygens (including phenoxy) is 3. The molecule has 34 heavy (non-hydrogen) atoms. The van der Waals surface area contributed by atoms with Crippen molar-refractivity contribution < 1.29 is 54.4 Å². The molecule has 0 amide bonds. The Morgan fingerprint density at radius 3 is 2.32 bits per heavy atom. The van der Waals surface area contributed by atoms with Crippen LogP contribution in [0.3, 0.4) is 0 Å². The van der Waals surface area contributed by atoms with Gasteiger partial charge in [-0.25, -0.2) is 9.59 Å². The smallest absolute Gasteiger partial charge is 0.337 e. The zero-order chi connectivity index (χ0) is 24.8. The van der Waals surface area contributed by atoms with Crippen LogP contribution in [-0.2, 0) is 23.8 Å². The minimum Gasteiger partial charge on any atom is -0.504 e. The number of phenols is 2. The van der Waals surface area contributed by atoms with Crippen molar-refractivity contribution in [3.8, 4) is 11.5 Å². The number of carboxylic acids is 1. The molecular formula is C23H24O11. The van der Waals surface area contributed by atoms with E-state index in [9.17, 15) is 40.2 Å². The fourth-order valence-corrected chi connectivity index (χ4v) is 3.23. The van der Waals surface area contributed by atoms with Gasteiger partial charge in [-0.15, -0.1) is 0 Å². The third-order valence-electron chi connectivity index (χ3n) is 5.07. The lowest BCUT2D eigenvalue weighted by molar-refractivity contribution is -0.311. The van der Waals surface area contributed by atoms with Gasteiger partial charge >= 0.3 is 11.9 Å². The number of phenolic OH excluding ortho intramolecular Hbond substituents is 2. The molecule has 0 spiro atoms. The van der Waals surface area contributed by atoms with Crippen LogP contribution in [0.25, 0.3) is 6.08 Å². The lowest BCUT2D eigenvalue weighted by atomic mass is 9.99. The van der Waals surface area contributed by atoms with Gasteiger partial charge in [0.25, 0.3) is 0 Å². The van der Waals surface area contributed by atoms with Gasteiger partial charge in [0, 0.05) is 6.08 Å². The Hall–Kier alpha value is -3.48. The number of aliphatic carboxylic acids is 1. The predicted octanol–water partition coefficient (Wildman–Crippen LogP) is 0.304. The second-order valence-corrected chi connectivity index (χ2v) is 7.49. The number of carbonyl (C=O) groups is 2. The Morgan fingerprint density at radius 2 is 1.68 bits per heavy atom. The topological polar surface area (TPSA) is 183 Å². The van der Waals surface area contributed by atoms with Gasteiger partial charge in [0.1, 0.15) is 31.0 Å². The number of aromatic hydroxyl groups is 2. The van der Waals surface area contributed by atoms with Crippen molar-refractivity contribution in [1.82, 2.24) is 0 Å². The van der Waals surface area contributed by atoms with E-state index in [2.05, 4.69) is 0 Å². The summed E-state index contributed by atoms with van der Waals surface area (Å²) in [5.41, 5.74) is 0.661. The van der Waals surface area contributed by atoms with Crippen LogP contribution in [0.2, 0.25) is 0 Å². The van der Waals surface area contributed by atoms with E-state index in [1.165, 1.54) is 36.4 Å². The van der Waals surface area contributed by atoms with E-state index in [0.29, 0.717) is 5.56 Å². The molecule has 0 saturated carbocycles. The van der Waals surface area contributed by atoms with E-state index in [0.717, 1.165) is 6.08 Å². The fourth-order valence-electron chi connectivity index (χ4n) is 3.23. The van der Waals surface area contributed by atoms with E-state index in [1.807, 2.05) is 0 Å². The highest BCUT2D eigenvalue weighted by atomic mass is 16.7. The maximum absolute atomic E-state index is 12.0. The second kappa shape index (κ2) is 11.1. The molecule has 1 heterocycles. The SMILES string of the molecule is O=C(/C=C/c1ccc(O)c(O)c1)OC[C@H]1O[C@@H](O[C@@H](C(=O)O)c2ccccc2)[C@H](O)[C@@H](O)[C@@H]1O. The van der Waals surface area contributed by atoms with Gasteiger partial charge in [-0.05, 0) is 29.3 Å². The molecule has 0 unspecified atom stereocenters. The number of carboxylic acid groups (broad SMARTS) is 1. The molecule has 2 aromatic rings. The molecule has 1 aliphatic rings. The zero-order valence-corrected chi connectivity index (χ0v) is 17.7. The third kappa shape index (κ3) is 6.10. The van der Waals surface area contributed by atoms with Crippen LogP contribution in [0.5, 0.6) is 11.5 Å². The Bertz CT molecular complexity index is 1020. The molecule has 11 heteroatoms. The molecule has 0 aromatic heterocycles. The quantitative estimate of drug-likeness (QED) is 0.175. The molecule has 0 radical (unpaired) electrons. The summed E-state index contributed by atoms with van der Waals surface area (Å²) < 4.78 is 15.8. The number of benzene rings is 2. The van der Waals surface area contributed by atoms with Crippen LogP contribution in [0, 0.1) is 0 Å². The second-order valence-electron chi connectivity index (χ2n) is 7.49. The van der Waals surface area contributed by atoms with Crippen LogP contribution in [-0.4, -0.2) is 79.9 Å². The maximum atomic E-state index is 12.0. The van der Waals surface area contributed by atoms with Crippen LogP contribution < -0.4 is 0 Å². The summed E-state index contributed by atoms with van der Waals surface area (Å²) in [6, 6.07) is 11.8. The molecule has 1 saturated heterocycles. The lowest BCUT2D eigenvalue weighted by Gasteiger charge is -2.40. The molecule has 6 atom stereocenters. The van der Waals surface area contributed by atoms with E-state index in [4.69, 9.17) is 14.2 Å². The van der Waals surface area contributed by atoms with Gasteiger partial charge in [-0.1, -0.05) is 36.4 Å². The first-order valence-corrected chi connectivity index (χ1v) is 10.2. The molecule has 11 nitrogen and oxygen atoms in total. The Labute approximate surface area is 193 Å². The summed E-state index contributed by atoms with van der Waals surface area (Å²) in [6.45, 7) is -0.544. The fraction of sp³-hybridized carbons (Fsp3) is 0.304. The highest BCUT2D eigenvalue weighted by molar-refractivity contribution is 5.87. The van der Waals surface area contributed by atoms with E-state index >= 15 is 0 Å².